The molecule has 1 saturated carbocycles. The molecule has 33 heavy (non-hydrogen) atoms. The summed E-state index contributed by atoms with van der Waals surface area (Å²) in [5.74, 6) is 1.24. The highest BCUT2D eigenvalue weighted by Gasteiger charge is 2.43. The highest BCUT2D eigenvalue weighted by atomic mass is 19.4. The molecule has 3 atom stereocenters. The number of aromatic amines is 1. The average Bonchev–Trinajstić information content (AvgIpc) is 3.54. The Bertz CT molecular complexity index is 945. The van der Waals surface area contributed by atoms with Gasteiger partial charge in [-0.25, -0.2) is 0 Å². The SMILES string of the molecule is CC.CN1C[C@H]2CC(c3ccccc3C(F)(F)F)C[C@H]2C1.O=Cc1n[nH]c2c1CN(C=O)C2. The van der Waals surface area contributed by atoms with Crippen molar-refractivity contribution in [3.05, 3.63) is 52.3 Å². The van der Waals surface area contributed by atoms with E-state index in [4.69, 9.17) is 0 Å². The molecule has 0 radical (unpaired) electrons. The molecule has 1 aromatic carbocycles. The van der Waals surface area contributed by atoms with Gasteiger partial charge in [-0.1, -0.05) is 32.0 Å². The summed E-state index contributed by atoms with van der Waals surface area (Å²) in [6, 6.07) is 6.09. The second-order valence-corrected chi connectivity index (χ2v) is 8.69. The normalized spacial score (nSPS) is 23.7. The van der Waals surface area contributed by atoms with E-state index in [2.05, 4.69) is 22.1 Å². The van der Waals surface area contributed by atoms with Gasteiger partial charge in [-0.15, -0.1) is 0 Å². The van der Waals surface area contributed by atoms with Gasteiger partial charge in [-0.05, 0) is 49.3 Å². The Hall–Kier alpha value is -2.68. The predicted octanol–water partition coefficient (Wildman–Crippen LogP) is 4.48. The van der Waals surface area contributed by atoms with Crippen LogP contribution in [0.5, 0.6) is 0 Å². The zero-order valence-corrected chi connectivity index (χ0v) is 19.2. The quantitative estimate of drug-likeness (QED) is 0.680. The van der Waals surface area contributed by atoms with Crippen molar-refractivity contribution in [2.24, 2.45) is 11.8 Å². The van der Waals surface area contributed by atoms with E-state index in [1.165, 1.54) is 12.1 Å². The van der Waals surface area contributed by atoms with E-state index >= 15 is 0 Å². The van der Waals surface area contributed by atoms with Crippen LogP contribution < -0.4 is 0 Å². The molecule has 1 aliphatic carbocycles. The molecular formula is C24H31F3N4O2. The molecule has 6 nitrogen and oxygen atoms in total. The van der Waals surface area contributed by atoms with Crippen molar-refractivity contribution in [1.82, 2.24) is 20.0 Å². The number of hydrogen-bond donors (Lipinski definition) is 1. The van der Waals surface area contributed by atoms with Crippen LogP contribution in [0.25, 0.3) is 0 Å². The van der Waals surface area contributed by atoms with Gasteiger partial charge in [0.05, 0.1) is 17.8 Å². The van der Waals surface area contributed by atoms with E-state index in [9.17, 15) is 22.8 Å². The third-order valence-corrected chi connectivity index (χ3v) is 6.61. The summed E-state index contributed by atoms with van der Waals surface area (Å²) >= 11 is 0. The van der Waals surface area contributed by atoms with Crippen LogP contribution in [0.1, 0.15) is 65.5 Å². The highest BCUT2D eigenvalue weighted by Crippen LogP contribution is 2.48. The second kappa shape index (κ2) is 10.5. The number of rotatable bonds is 3. The first kappa shape index (κ1) is 25.0. The third-order valence-electron chi connectivity index (χ3n) is 6.61. The Morgan fingerprint density at radius 2 is 1.70 bits per heavy atom. The van der Waals surface area contributed by atoms with Gasteiger partial charge in [-0.2, -0.15) is 18.3 Å². The number of H-pyrrole nitrogens is 1. The number of carbonyl (C=O) groups excluding carboxylic acids is 2. The number of carbonyl (C=O) groups is 2. The number of amides is 1. The van der Waals surface area contributed by atoms with Gasteiger partial charge in [0.25, 0.3) is 0 Å². The Morgan fingerprint density at radius 1 is 1.06 bits per heavy atom. The number of aldehydes is 1. The molecule has 3 aliphatic rings. The van der Waals surface area contributed by atoms with Gasteiger partial charge in [0.15, 0.2) is 6.29 Å². The number of benzene rings is 1. The zero-order valence-electron chi connectivity index (χ0n) is 19.2. The molecule has 1 saturated heterocycles. The fourth-order valence-electron chi connectivity index (χ4n) is 5.26. The largest absolute Gasteiger partial charge is 0.416 e. The van der Waals surface area contributed by atoms with Crippen LogP contribution in [0.4, 0.5) is 13.2 Å². The number of hydrogen-bond acceptors (Lipinski definition) is 4. The highest BCUT2D eigenvalue weighted by molar-refractivity contribution is 5.75. The van der Waals surface area contributed by atoms with Crippen molar-refractivity contribution in [3.63, 3.8) is 0 Å². The van der Waals surface area contributed by atoms with Crippen LogP contribution >= 0.6 is 0 Å². The molecule has 2 aromatic rings. The summed E-state index contributed by atoms with van der Waals surface area (Å²) in [6.45, 7) is 7.09. The maximum Gasteiger partial charge on any atom is 0.416 e. The second-order valence-electron chi connectivity index (χ2n) is 8.69. The maximum atomic E-state index is 13.0. The van der Waals surface area contributed by atoms with Crippen molar-refractivity contribution in [3.8, 4) is 0 Å². The number of halogens is 3. The topological polar surface area (TPSA) is 69.3 Å². The van der Waals surface area contributed by atoms with Crippen molar-refractivity contribution >= 4 is 12.7 Å². The number of alkyl halides is 3. The number of nitrogens with one attached hydrogen (secondary N) is 1. The molecule has 1 aromatic heterocycles. The van der Waals surface area contributed by atoms with Crippen LogP contribution in [0.2, 0.25) is 0 Å². The first-order valence-electron chi connectivity index (χ1n) is 11.4. The number of nitrogens with zero attached hydrogens (tertiary/aromatic N) is 3. The van der Waals surface area contributed by atoms with E-state index in [1.807, 2.05) is 13.8 Å². The van der Waals surface area contributed by atoms with E-state index in [0.29, 0.717) is 42.5 Å². The van der Waals surface area contributed by atoms with E-state index in [1.54, 1.807) is 17.0 Å². The summed E-state index contributed by atoms with van der Waals surface area (Å²) in [6.07, 6.45) is -0.957. The maximum absolute atomic E-state index is 13.0. The minimum Gasteiger partial charge on any atom is -0.335 e. The van der Waals surface area contributed by atoms with Crippen molar-refractivity contribution in [2.75, 3.05) is 20.1 Å². The van der Waals surface area contributed by atoms with Crippen LogP contribution in [-0.4, -0.2) is 52.8 Å². The molecule has 1 N–H and O–H groups in total. The lowest BCUT2D eigenvalue weighted by molar-refractivity contribution is -0.138. The van der Waals surface area contributed by atoms with Gasteiger partial charge in [0.1, 0.15) is 5.69 Å². The molecule has 5 rings (SSSR count). The molecule has 9 heteroatoms. The summed E-state index contributed by atoms with van der Waals surface area (Å²) in [5, 5.41) is 6.51. The van der Waals surface area contributed by atoms with Gasteiger partial charge >= 0.3 is 6.18 Å². The first-order chi connectivity index (χ1) is 15.8. The fraction of sp³-hybridized carbons (Fsp3) is 0.542. The smallest absolute Gasteiger partial charge is 0.335 e. The van der Waals surface area contributed by atoms with Gasteiger partial charge in [0, 0.05) is 25.2 Å². The summed E-state index contributed by atoms with van der Waals surface area (Å²) in [5.41, 5.74) is 2.19. The Morgan fingerprint density at radius 3 is 2.27 bits per heavy atom. The molecule has 0 spiro atoms. The molecule has 0 bridgehead atoms. The molecule has 180 valence electrons. The molecule has 2 aliphatic heterocycles. The standard InChI is InChI=1S/C15H18F3N.C7H7N3O2.C2H6/c1-19-8-11-6-10(7-12(11)9-19)13-4-2-3-5-14(13)15(16,17)18;11-3-7-5-1-10(4-12)2-6(5)8-9-7;1-2/h2-5,10-12H,6-9H2,1H3;3-4H,1-2H2,(H,8,9);1-2H3/t10?,11-,12+;;. The Kier molecular flexibility index (Phi) is 7.94. The minimum atomic E-state index is -4.23. The zero-order chi connectivity index (χ0) is 24.2. The third kappa shape index (κ3) is 5.46. The average molecular weight is 465 g/mol. The van der Waals surface area contributed by atoms with Crippen LogP contribution in [0.15, 0.2) is 24.3 Å². The van der Waals surface area contributed by atoms with E-state index < -0.39 is 11.7 Å². The molecule has 1 unspecified atom stereocenters. The van der Waals surface area contributed by atoms with Crippen LogP contribution in [0, 0.1) is 11.8 Å². The van der Waals surface area contributed by atoms with Crippen LogP contribution in [0.3, 0.4) is 0 Å². The number of likely N-dealkylation sites (tertiary alicyclic amines) is 1. The minimum absolute atomic E-state index is 0.0847. The number of aromatic nitrogens is 2. The summed E-state index contributed by atoms with van der Waals surface area (Å²) in [4.78, 5) is 24.7. The van der Waals surface area contributed by atoms with Gasteiger partial charge in [-0.3, -0.25) is 14.7 Å². The number of fused-ring (bicyclic) bond motifs is 2. The Labute approximate surface area is 192 Å². The fourth-order valence-corrected chi connectivity index (χ4v) is 5.26. The molecule has 2 fully saturated rings. The van der Waals surface area contributed by atoms with E-state index in [-0.39, 0.29) is 5.92 Å². The lowest BCUT2D eigenvalue weighted by Gasteiger charge is -2.19. The monoisotopic (exact) mass is 464 g/mol. The Balaban J connectivity index is 0.000000188. The molecular weight excluding hydrogens is 433 g/mol. The van der Waals surface area contributed by atoms with Crippen molar-refractivity contribution in [1.29, 1.82) is 0 Å². The van der Waals surface area contributed by atoms with Gasteiger partial charge in [0.2, 0.25) is 6.41 Å². The van der Waals surface area contributed by atoms with Crippen molar-refractivity contribution < 1.29 is 22.8 Å². The summed E-state index contributed by atoms with van der Waals surface area (Å²) in [7, 11) is 2.09. The lowest BCUT2D eigenvalue weighted by Crippen LogP contribution is -2.17. The summed E-state index contributed by atoms with van der Waals surface area (Å²) < 4.78 is 39.1. The first-order valence-corrected chi connectivity index (χ1v) is 11.4. The molecule has 3 heterocycles. The molecule has 1 amide bonds. The van der Waals surface area contributed by atoms with Crippen LogP contribution in [-0.2, 0) is 24.1 Å². The predicted molar refractivity (Wildman–Crippen MR) is 119 cm³/mol. The van der Waals surface area contributed by atoms with Gasteiger partial charge < -0.3 is 9.80 Å². The lowest BCUT2D eigenvalue weighted by atomic mass is 9.91. The van der Waals surface area contributed by atoms with E-state index in [0.717, 1.165) is 43.6 Å². The van der Waals surface area contributed by atoms with Crippen molar-refractivity contribution in [2.45, 2.75) is 51.9 Å².